The summed E-state index contributed by atoms with van der Waals surface area (Å²) in [5, 5.41) is 10.9. The Morgan fingerprint density at radius 3 is 2.27 bits per heavy atom. The minimum absolute atomic E-state index is 0.0698. The average Bonchev–Trinajstić information content (AvgIpc) is 2.89. The number of nitro benzene ring substituents is 1. The van der Waals surface area contributed by atoms with Crippen molar-refractivity contribution in [2.45, 2.75) is 30.6 Å². The Labute approximate surface area is 130 Å². The summed E-state index contributed by atoms with van der Waals surface area (Å²) in [6.45, 7) is 1.70. The van der Waals surface area contributed by atoms with Gasteiger partial charge < -0.3 is 4.90 Å². The molecule has 120 valence electrons. The van der Waals surface area contributed by atoms with Crippen molar-refractivity contribution in [1.29, 1.82) is 0 Å². The first-order chi connectivity index (χ1) is 10.4. The van der Waals surface area contributed by atoms with Crippen LogP contribution in [0.25, 0.3) is 0 Å². The molecule has 1 heterocycles. The quantitative estimate of drug-likeness (QED) is 0.630. The Morgan fingerprint density at radius 1 is 1.18 bits per heavy atom. The lowest BCUT2D eigenvalue weighted by atomic mass is 9.82. The third-order valence-corrected chi connectivity index (χ3v) is 6.00. The van der Waals surface area contributed by atoms with Crippen LogP contribution < -0.4 is 4.90 Å². The fourth-order valence-electron chi connectivity index (χ4n) is 3.78. The summed E-state index contributed by atoms with van der Waals surface area (Å²) >= 11 is 0. The number of nitro groups is 1. The van der Waals surface area contributed by atoms with Crippen molar-refractivity contribution in [3.8, 4) is 0 Å². The molecular weight excluding hydrogens is 304 g/mol. The van der Waals surface area contributed by atoms with Crippen molar-refractivity contribution in [1.82, 2.24) is 0 Å². The van der Waals surface area contributed by atoms with E-state index >= 15 is 0 Å². The maximum atomic E-state index is 12.1. The smallest absolute Gasteiger partial charge is 0.270 e. The van der Waals surface area contributed by atoms with Gasteiger partial charge in [-0.2, -0.15) is 0 Å². The number of hydrogen-bond donors (Lipinski definition) is 0. The van der Waals surface area contributed by atoms with Gasteiger partial charge in [0.2, 0.25) is 0 Å². The molecule has 2 fully saturated rings. The topological polar surface area (TPSA) is 80.5 Å². The van der Waals surface area contributed by atoms with E-state index in [2.05, 4.69) is 4.90 Å². The van der Waals surface area contributed by atoms with E-state index in [1.165, 1.54) is 37.8 Å². The summed E-state index contributed by atoms with van der Waals surface area (Å²) < 4.78 is 24.1. The van der Waals surface area contributed by atoms with Crippen molar-refractivity contribution < 1.29 is 13.3 Å². The fourth-order valence-corrected chi connectivity index (χ4v) is 4.69. The largest absolute Gasteiger partial charge is 0.370 e. The lowest BCUT2D eigenvalue weighted by molar-refractivity contribution is -0.385. The average molecular weight is 324 g/mol. The van der Waals surface area contributed by atoms with Crippen LogP contribution in [0.4, 0.5) is 11.4 Å². The summed E-state index contributed by atoms with van der Waals surface area (Å²) in [5.74, 6) is 1.24. The van der Waals surface area contributed by atoms with Crippen molar-refractivity contribution in [2.75, 3.05) is 24.2 Å². The molecule has 0 bridgehead atoms. The Morgan fingerprint density at radius 2 is 1.77 bits per heavy atom. The monoisotopic (exact) mass is 324 g/mol. The second-order valence-corrected chi connectivity index (χ2v) is 8.38. The van der Waals surface area contributed by atoms with E-state index in [9.17, 15) is 18.5 Å². The van der Waals surface area contributed by atoms with Gasteiger partial charge in [0.25, 0.3) is 5.69 Å². The van der Waals surface area contributed by atoms with E-state index in [0.29, 0.717) is 17.5 Å². The summed E-state index contributed by atoms with van der Waals surface area (Å²) in [5.41, 5.74) is 0.434. The van der Waals surface area contributed by atoms with Gasteiger partial charge in [0.15, 0.2) is 9.84 Å². The molecule has 0 aromatic heterocycles. The number of hydrogen-bond acceptors (Lipinski definition) is 5. The molecule has 2 unspecified atom stereocenters. The molecule has 2 atom stereocenters. The molecule has 0 spiro atoms. The van der Waals surface area contributed by atoms with Crippen LogP contribution >= 0.6 is 0 Å². The first-order valence-corrected chi connectivity index (χ1v) is 9.49. The molecule has 1 aliphatic heterocycles. The van der Waals surface area contributed by atoms with Crippen molar-refractivity contribution >= 4 is 21.2 Å². The Kier molecular flexibility index (Phi) is 3.84. The molecule has 0 radical (unpaired) electrons. The predicted molar refractivity (Wildman–Crippen MR) is 83.9 cm³/mol. The van der Waals surface area contributed by atoms with Gasteiger partial charge in [0.05, 0.1) is 15.5 Å². The SMILES string of the molecule is CS(=O)(=O)c1cc([N+](=O)[O-])ccc1N1CC2CCCCC2C1. The van der Waals surface area contributed by atoms with E-state index in [1.54, 1.807) is 6.07 Å². The van der Waals surface area contributed by atoms with Gasteiger partial charge >= 0.3 is 0 Å². The zero-order valence-electron chi connectivity index (χ0n) is 12.6. The predicted octanol–water partition coefficient (Wildman–Crippen LogP) is 2.62. The molecule has 0 amide bonds. The summed E-state index contributed by atoms with van der Waals surface area (Å²) in [6, 6.07) is 4.17. The normalized spacial score (nSPS) is 25.0. The molecule has 1 aliphatic carbocycles. The van der Waals surface area contributed by atoms with Gasteiger partial charge in [-0.05, 0) is 30.7 Å². The number of fused-ring (bicyclic) bond motifs is 1. The van der Waals surface area contributed by atoms with Gasteiger partial charge in [-0.1, -0.05) is 12.8 Å². The molecular formula is C15H20N2O4S. The number of sulfone groups is 1. The first kappa shape index (κ1) is 15.3. The lowest BCUT2D eigenvalue weighted by Gasteiger charge is -2.22. The van der Waals surface area contributed by atoms with Crippen LogP contribution in [-0.4, -0.2) is 32.7 Å². The molecule has 3 rings (SSSR count). The van der Waals surface area contributed by atoms with Crippen molar-refractivity contribution in [3.63, 3.8) is 0 Å². The second kappa shape index (κ2) is 5.53. The maximum absolute atomic E-state index is 12.1. The van der Waals surface area contributed by atoms with Crippen LogP contribution in [0.2, 0.25) is 0 Å². The summed E-state index contributed by atoms with van der Waals surface area (Å²) in [7, 11) is -3.51. The Bertz CT molecular complexity index is 687. The van der Waals surface area contributed by atoms with Crippen LogP contribution in [0.1, 0.15) is 25.7 Å². The number of anilines is 1. The number of rotatable bonds is 3. The van der Waals surface area contributed by atoms with Crippen LogP contribution in [0.3, 0.4) is 0 Å². The first-order valence-electron chi connectivity index (χ1n) is 7.59. The maximum Gasteiger partial charge on any atom is 0.270 e. The molecule has 2 aliphatic rings. The molecule has 22 heavy (non-hydrogen) atoms. The van der Waals surface area contributed by atoms with Gasteiger partial charge in [-0.15, -0.1) is 0 Å². The highest BCUT2D eigenvalue weighted by Crippen LogP contribution is 2.40. The molecule has 1 saturated carbocycles. The second-order valence-electron chi connectivity index (χ2n) is 6.39. The summed E-state index contributed by atoms with van der Waals surface area (Å²) in [4.78, 5) is 12.5. The minimum Gasteiger partial charge on any atom is -0.370 e. The highest BCUT2D eigenvalue weighted by Gasteiger charge is 2.36. The zero-order valence-corrected chi connectivity index (χ0v) is 13.4. The van der Waals surface area contributed by atoms with Crippen LogP contribution in [0, 0.1) is 22.0 Å². The molecule has 1 aromatic rings. The fraction of sp³-hybridized carbons (Fsp3) is 0.600. The molecule has 1 saturated heterocycles. The highest BCUT2D eigenvalue weighted by molar-refractivity contribution is 7.90. The Hall–Kier alpha value is -1.63. The van der Waals surface area contributed by atoms with Crippen molar-refractivity contribution in [3.05, 3.63) is 28.3 Å². The Balaban J connectivity index is 1.98. The lowest BCUT2D eigenvalue weighted by Crippen LogP contribution is -2.22. The zero-order chi connectivity index (χ0) is 15.9. The van der Waals surface area contributed by atoms with Crippen LogP contribution in [0.5, 0.6) is 0 Å². The van der Waals surface area contributed by atoms with E-state index in [-0.39, 0.29) is 10.6 Å². The minimum atomic E-state index is -3.51. The summed E-state index contributed by atoms with van der Waals surface area (Å²) in [6.07, 6.45) is 5.99. The van der Waals surface area contributed by atoms with Crippen LogP contribution in [-0.2, 0) is 9.84 Å². The van der Waals surface area contributed by atoms with E-state index < -0.39 is 14.8 Å². The van der Waals surface area contributed by atoms with Gasteiger partial charge in [0.1, 0.15) is 0 Å². The van der Waals surface area contributed by atoms with E-state index in [4.69, 9.17) is 0 Å². The standard InChI is InChI=1S/C15H20N2O4S/c1-22(20,21)15-8-13(17(18)19)6-7-14(15)16-9-11-4-2-3-5-12(11)10-16/h6-8,11-12H,2-5,9-10H2,1H3. The third-order valence-electron chi connectivity index (χ3n) is 4.87. The molecule has 7 heteroatoms. The third kappa shape index (κ3) is 2.82. The van der Waals surface area contributed by atoms with Crippen LogP contribution in [0.15, 0.2) is 23.1 Å². The highest BCUT2D eigenvalue weighted by atomic mass is 32.2. The number of benzene rings is 1. The van der Waals surface area contributed by atoms with Gasteiger partial charge in [0, 0.05) is 31.5 Å². The number of nitrogens with zero attached hydrogens (tertiary/aromatic N) is 2. The van der Waals surface area contributed by atoms with Gasteiger partial charge in [-0.25, -0.2) is 8.42 Å². The van der Waals surface area contributed by atoms with E-state index in [1.807, 2.05) is 0 Å². The van der Waals surface area contributed by atoms with Gasteiger partial charge in [-0.3, -0.25) is 10.1 Å². The molecule has 6 nitrogen and oxygen atoms in total. The number of non-ortho nitro benzene ring substituents is 1. The molecule has 0 N–H and O–H groups in total. The molecule has 1 aromatic carbocycles. The van der Waals surface area contributed by atoms with Crippen molar-refractivity contribution in [2.24, 2.45) is 11.8 Å². The van der Waals surface area contributed by atoms with E-state index in [0.717, 1.165) is 19.3 Å².